The fourth-order valence-corrected chi connectivity index (χ4v) is 2.99. The van der Waals surface area contributed by atoms with E-state index in [-0.39, 0.29) is 0 Å². The Bertz CT molecular complexity index is 652. The van der Waals surface area contributed by atoms with Gasteiger partial charge in [-0.15, -0.1) is 0 Å². The Hall–Kier alpha value is -1.32. The lowest BCUT2D eigenvalue weighted by molar-refractivity contribution is 0.168. The van der Waals surface area contributed by atoms with Gasteiger partial charge in [0.2, 0.25) is 0 Å². The number of benzene rings is 2. The van der Waals surface area contributed by atoms with E-state index >= 15 is 0 Å². The molecule has 0 bridgehead atoms. The van der Waals surface area contributed by atoms with E-state index in [2.05, 4.69) is 28.1 Å². The van der Waals surface area contributed by atoms with Gasteiger partial charge in [-0.25, -0.2) is 0 Å². The van der Waals surface area contributed by atoms with Crippen LogP contribution in [-0.4, -0.2) is 11.7 Å². The summed E-state index contributed by atoms with van der Waals surface area (Å²) in [7, 11) is 0. The first-order chi connectivity index (χ1) is 10.1. The molecule has 1 aliphatic heterocycles. The molecule has 3 rings (SSSR count). The lowest BCUT2D eigenvalue weighted by atomic mass is 9.99. The summed E-state index contributed by atoms with van der Waals surface area (Å²) >= 11 is 3.49. The number of aliphatic hydroxyl groups excluding tert-OH is 1. The number of hydrogen-bond donors (Lipinski definition) is 1. The van der Waals surface area contributed by atoms with E-state index in [1.807, 2.05) is 31.2 Å². The number of rotatable bonds is 4. The average Bonchev–Trinajstić information content (AvgIpc) is 2.95. The monoisotopic (exact) mass is 346 g/mol. The molecule has 0 aliphatic carbocycles. The van der Waals surface area contributed by atoms with Crippen molar-refractivity contribution in [1.82, 2.24) is 0 Å². The standard InChI is InChI=1S/C18H19BrO2/c1-12-10-14(4-5-16(12)19)17(20)6-2-13-3-7-18-15(11-13)8-9-21-18/h3-5,7,10-11,17,20H,2,6,8-9H2,1H3. The molecule has 0 fully saturated rings. The molecule has 3 heteroatoms. The molecule has 2 aromatic carbocycles. The zero-order valence-electron chi connectivity index (χ0n) is 12.1. The van der Waals surface area contributed by atoms with E-state index in [9.17, 15) is 5.11 Å². The first-order valence-electron chi connectivity index (χ1n) is 7.32. The largest absolute Gasteiger partial charge is 0.493 e. The second-order valence-corrected chi connectivity index (χ2v) is 6.46. The van der Waals surface area contributed by atoms with E-state index in [0.717, 1.165) is 47.2 Å². The van der Waals surface area contributed by atoms with Gasteiger partial charge in [0.1, 0.15) is 5.75 Å². The van der Waals surface area contributed by atoms with Gasteiger partial charge in [0.25, 0.3) is 0 Å². The van der Waals surface area contributed by atoms with Crippen LogP contribution in [0.25, 0.3) is 0 Å². The summed E-state index contributed by atoms with van der Waals surface area (Å²) in [6, 6.07) is 12.4. The van der Waals surface area contributed by atoms with Crippen molar-refractivity contribution in [3.05, 3.63) is 63.1 Å². The van der Waals surface area contributed by atoms with Crippen LogP contribution in [0.1, 0.15) is 34.8 Å². The molecule has 2 nitrogen and oxygen atoms in total. The van der Waals surface area contributed by atoms with E-state index in [1.165, 1.54) is 11.1 Å². The predicted molar refractivity (Wildman–Crippen MR) is 87.8 cm³/mol. The molecule has 21 heavy (non-hydrogen) atoms. The van der Waals surface area contributed by atoms with Crippen molar-refractivity contribution in [1.29, 1.82) is 0 Å². The van der Waals surface area contributed by atoms with Gasteiger partial charge in [-0.1, -0.05) is 40.2 Å². The van der Waals surface area contributed by atoms with Crippen LogP contribution in [0.15, 0.2) is 40.9 Å². The Morgan fingerprint density at radius 3 is 2.90 bits per heavy atom. The highest BCUT2D eigenvalue weighted by molar-refractivity contribution is 9.10. The van der Waals surface area contributed by atoms with Gasteiger partial charge in [0.05, 0.1) is 12.7 Å². The second-order valence-electron chi connectivity index (χ2n) is 5.60. The van der Waals surface area contributed by atoms with Crippen molar-refractivity contribution in [2.75, 3.05) is 6.61 Å². The number of aryl methyl sites for hydroxylation is 2. The van der Waals surface area contributed by atoms with Crippen molar-refractivity contribution in [3.8, 4) is 5.75 Å². The summed E-state index contributed by atoms with van der Waals surface area (Å²) in [5.74, 6) is 1.02. The van der Waals surface area contributed by atoms with Gasteiger partial charge in [-0.2, -0.15) is 0 Å². The van der Waals surface area contributed by atoms with Crippen LogP contribution in [0.3, 0.4) is 0 Å². The van der Waals surface area contributed by atoms with E-state index in [0.29, 0.717) is 0 Å². The third kappa shape index (κ3) is 3.30. The molecular weight excluding hydrogens is 328 g/mol. The number of fused-ring (bicyclic) bond motifs is 1. The summed E-state index contributed by atoms with van der Waals surface area (Å²) in [5, 5.41) is 10.4. The van der Waals surface area contributed by atoms with Crippen molar-refractivity contribution < 1.29 is 9.84 Å². The van der Waals surface area contributed by atoms with E-state index in [4.69, 9.17) is 4.74 Å². The van der Waals surface area contributed by atoms with E-state index in [1.54, 1.807) is 0 Å². The fraction of sp³-hybridized carbons (Fsp3) is 0.333. The summed E-state index contributed by atoms with van der Waals surface area (Å²) in [6.45, 7) is 2.83. The van der Waals surface area contributed by atoms with Crippen LogP contribution in [0.5, 0.6) is 5.75 Å². The molecule has 2 aromatic rings. The summed E-state index contributed by atoms with van der Waals surface area (Å²) in [4.78, 5) is 0. The minimum Gasteiger partial charge on any atom is -0.493 e. The number of ether oxygens (including phenoxy) is 1. The third-order valence-corrected chi connectivity index (χ3v) is 4.92. The van der Waals surface area contributed by atoms with Gasteiger partial charge >= 0.3 is 0 Å². The smallest absolute Gasteiger partial charge is 0.122 e. The summed E-state index contributed by atoms with van der Waals surface area (Å²) in [5.41, 5.74) is 4.70. The van der Waals surface area contributed by atoms with Gasteiger partial charge in [0, 0.05) is 10.9 Å². The van der Waals surface area contributed by atoms with E-state index < -0.39 is 6.10 Å². The molecule has 1 atom stereocenters. The molecule has 0 aromatic heterocycles. The molecule has 0 radical (unpaired) electrons. The van der Waals surface area contributed by atoms with Crippen LogP contribution in [-0.2, 0) is 12.8 Å². The maximum absolute atomic E-state index is 10.4. The topological polar surface area (TPSA) is 29.5 Å². The first kappa shape index (κ1) is 14.6. The molecule has 1 heterocycles. The normalized spacial score (nSPS) is 14.6. The molecule has 1 aliphatic rings. The highest BCUT2D eigenvalue weighted by atomic mass is 79.9. The maximum Gasteiger partial charge on any atom is 0.122 e. The Morgan fingerprint density at radius 1 is 1.24 bits per heavy atom. The SMILES string of the molecule is Cc1cc(C(O)CCc2ccc3c(c2)CCO3)ccc1Br. The molecule has 0 saturated carbocycles. The van der Waals surface area contributed by atoms with Crippen LogP contribution in [0, 0.1) is 6.92 Å². The third-order valence-electron chi connectivity index (χ3n) is 4.03. The number of halogens is 1. The van der Waals surface area contributed by atoms with Crippen LogP contribution in [0.2, 0.25) is 0 Å². The van der Waals surface area contributed by atoms with Crippen molar-refractivity contribution >= 4 is 15.9 Å². The van der Waals surface area contributed by atoms with Gasteiger partial charge in [-0.3, -0.25) is 0 Å². The zero-order valence-corrected chi connectivity index (χ0v) is 13.7. The Balaban J connectivity index is 1.65. The second kappa shape index (κ2) is 6.20. The predicted octanol–water partition coefficient (Wildman–Crippen LogP) is 4.36. The quantitative estimate of drug-likeness (QED) is 0.891. The Kier molecular flexibility index (Phi) is 4.32. The van der Waals surface area contributed by atoms with Crippen LogP contribution < -0.4 is 4.74 Å². The zero-order chi connectivity index (χ0) is 14.8. The van der Waals surface area contributed by atoms with Crippen LogP contribution in [0.4, 0.5) is 0 Å². The minimum atomic E-state index is -0.415. The molecule has 0 spiro atoms. The lowest BCUT2D eigenvalue weighted by Gasteiger charge is -2.13. The Morgan fingerprint density at radius 2 is 2.10 bits per heavy atom. The van der Waals surface area contributed by atoms with Gasteiger partial charge in [0.15, 0.2) is 0 Å². The molecule has 1 N–H and O–H groups in total. The highest BCUT2D eigenvalue weighted by Crippen LogP contribution is 2.28. The van der Waals surface area contributed by atoms with Crippen molar-refractivity contribution in [2.45, 2.75) is 32.3 Å². The number of aliphatic hydroxyl groups is 1. The molecule has 110 valence electrons. The molecule has 0 amide bonds. The van der Waals surface area contributed by atoms with Gasteiger partial charge < -0.3 is 9.84 Å². The highest BCUT2D eigenvalue weighted by Gasteiger charge is 2.13. The fourth-order valence-electron chi connectivity index (χ4n) is 2.74. The summed E-state index contributed by atoms with van der Waals surface area (Å²) < 4.78 is 6.60. The molecular formula is C18H19BrO2. The molecule has 0 saturated heterocycles. The maximum atomic E-state index is 10.4. The van der Waals surface area contributed by atoms with Gasteiger partial charge in [-0.05, 0) is 54.2 Å². The molecule has 1 unspecified atom stereocenters. The summed E-state index contributed by atoms with van der Waals surface area (Å²) in [6.07, 6.45) is 2.20. The van der Waals surface area contributed by atoms with Crippen LogP contribution >= 0.6 is 15.9 Å². The minimum absolute atomic E-state index is 0.415. The average molecular weight is 347 g/mol. The number of hydrogen-bond acceptors (Lipinski definition) is 2. The lowest BCUT2D eigenvalue weighted by Crippen LogP contribution is -2.00. The Labute approximate surface area is 133 Å². The van der Waals surface area contributed by atoms with Crippen molar-refractivity contribution in [2.24, 2.45) is 0 Å². The van der Waals surface area contributed by atoms with Crippen molar-refractivity contribution in [3.63, 3.8) is 0 Å². The first-order valence-corrected chi connectivity index (χ1v) is 8.11.